The maximum absolute atomic E-state index is 12.6. The summed E-state index contributed by atoms with van der Waals surface area (Å²) in [6.45, 7) is 1.54. The number of amides is 2. The maximum Gasteiger partial charge on any atom is 0.228 e. The van der Waals surface area contributed by atoms with Gasteiger partial charge in [0.2, 0.25) is 11.8 Å². The highest BCUT2D eigenvalue weighted by molar-refractivity contribution is 6.32. The summed E-state index contributed by atoms with van der Waals surface area (Å²) >= 11 is 6.26. The van der Waals surface area contributed by atoms with E-state index in [1.54, 1.807) is 42.3 Å². The van der Waals surface area contributed by atoms with Gasteiger partial charge < -0.3 is 24.4 Å². The van der Waals surface area contributed by atoms with Gasteiger partial charge in [0.05, 0.1) is 24.2 Å². The van der Waals surface area contributed by atoms with Crippen molar-refractivity contribution in [2.75, 3.05) is 37.1 Å². The van der Waals surface area contributed by atoms with Gasteiger partial charge in [0, 0.05) is 18.7 Å². The molecule has 0 spiro atoms. The highest BCUT2D eigenvalue weighted by Crippen LogP contribution is 2.38. The molecule has 1 fully saturated rings. The van der Waals surface area contributed by atoms with Crippen molar-refractivity contribution in [3.8, 4) is 17.2 Å². The van der Waals surface area contributed by atoms with E-state index >= 15 is 0 Å². The first-order chi connectivity index (χ1) is 14.5. The van der Waals surface area contributed by atoms with Crippen LogP contribution in [-0.2, 0) is 16.0 Å². The Labute approximate surface area is 179 Å². The van der Waals surface area contributed by atoms with Gasteiger partial charge in [0.1, 0.15) is 19.0 Å². The van der Waals surface area contributed by atoms with E-state index in [0.29, 0.717) is 59.8 Å². The number of halogens is 1. The number of rotatable bonds is 5. The van der Waals surface area contributed by atoms with E-state index in [2.05, 4.69) is 5.32 Å². The number of fused-ring (bicyclic) bond motifs is 1. The molecule has 0 bridgehead atoms. The van der Waals surface area contributed by atoms with Gasteiger partial charge in [-0.15, -0.1) is 0 Å². The van der Waals surface area contributed by atoms with E-state index in [9.17, 15) is 9.59 Å². The maximum atomic E-state index is 12.6. The third-order valence-corrected chi connectivity index (χ3v) is 5.38. The van der Waals surface area contributed by atoms with E-state index in [1.807, 2.05) is 0 Å². The molecule has 30 heavy (non-hydrogen) atoms. The van der Waals surface area contributed by atoms with Crippen LogP contribution in [0.2, 0.25) is 5.02 Å². The Hall–Kier alpha value is -2.93. The summed E-state index contributed by atoms with van der Waals surface area (Å²) in [5, 5.41) is 3.31. The van der Waals surface area contributed by atoms with Crippen LogP contribution in [0.4, 0.5) is 11.4 Å². The number of benzene rings is 2. The molecule has 4 rings (SSSR count). The quantitative estimate of drug-likeness (QED) is 0.780. The zero-order valence-electron chi connectivity index (χ0n) is 16.7. The monoisotopic (exact) mass is 430 g/mol. The van der Waals surface area contributed by atoms with Crippen LogP contribution in [0.15, 0.2) is 30.3 Å². The van der Waals surface area contributed by atoms with Crippen LogP contribution in [0.3, 0.4) is 0 Å². The summed E-state index contributed by atoms with van der Waals surface area (Å²) in [4.78, 5) is 26.7. The number of nitrogens with one attached hydrogen (secondary N) is 1. The molecule has 0 aromatic heterocycles. The van der Waals surface area contributed by atoms with Crippen molar-refractivity contribution in [2.45, 2.75) is 25.7 Å². The second-order valence-corrected chi connectivity index (χ2v) is 7.62. The molecule has 0 atom stereocenters. The number of hydrogen-bond donors (Lipinski definition) is 1. The topological polar surface area (TPSA) is 77.1 Å². The molecule has 2 aromatic carbocycles. The normalized spacial score (nSPS) is 15.7. The molecule has 0 radical (unpaired) electrons. The zero-order chi connectivity index (χ0) is 21.1. The summed E-state index contributed by atoms with van der Waals surface area (Å²) in [6, 6.07) is 8.77. The molecular formula is C22H23ClN2O5. The van der Waals surface area contributed by atoms with Crippen LogP contribution in [0.5, 0.6) is 17.2 Å². The second-order valence-electron chi connectivity index (χ2n) is 7.22. The molecule has 2 aromatic rings. The van der Waals surface area contributed by atoms with Gasteiger partial charge in [-0.25, -0.2) is 0 Å². The van der Waals surface area contributed by atoms with Crippen LogP contribution in [0.1, 0.15) is 24.8 Å². The number of anilines is 2. The summed E-state index contributed by atoms with van der Waals surface area (Å²) in [5.74, 6) is 1.52. The zero-order valence-corrected chi connectivity index (χ0v) is 17.5. The molecule has 2 heterocycles. The summed E-state index contributed by atoms with van der Waals surface area (Å²) < 4.78 is 16.5. The number of nitrogens with zero attached hydrogens (tertiary/aromatic N) is 1. The van der Waals surface area contributed by atoms with Gasteiger partial charge in [0.25, 0.3) is 0 Å². The minimum absolute atomic E-state index is 0.0638. The van der Waals surface area contributed by atoms with Crippen LogP contribution in [0.25, 0.3) is 0 Å². The lowest BCUT2D eigenvalue weighted by molar-refractivity contribution is -0.119. The fraction of sp³-hybridized carbons (Fsp3) is 0.364. The number of methoxy groups -OCH3 is 1. The lowest BCUT2D eigenvalue weighted by atomic mass is 10.1. The molecular weight excluding hydrogens is 408 g/mol. The van der Waals surface area contributed by atoms with Crippen molar-refractivity contribution >= 4 is 34.8 Å². The number of hydrogen-bond acceptors (Lipinski definition) is 5. The third-order valence-electron chi connectivity index (χ3n) is 5.10. The number of carbonyl (C=O) groups excluding carboxylic acids is 2. The number of carbonyl (C=O) groups is 2. The van der Waals surface area contributed by atoms with Gasteiger partial charge in [-0.2, -0.15) is 0 Å². The van der Waals surface area contributed by atoms with Crippen molar-refractivity contribution < 1.29 is 23.8 Å². The van der Waals surface area contributed by atoms with Crippen molar-refractivity contribution in [1.29, 1.82) is 0 Å². The van der Waals surface area contributed by atoms with Crippen molar-refractivity contribution in [2.24, 2.45) is 0 Å². The largest absolute Gasteiger partial charge is 0.495 e. The lowest BCUT2D eigenvalue weighted by Gasteiger charge is -2.28. The predicted octanol–water partition coefficient (Wildman–Crippen LogP) is 3.82. The Kier molecular flexibility index (Phi) is 5.99. The lowest BCUT2D eigenvalue weighted by Crippen LogP contribution is -2.35. The van der Waals surface area contributed by atoms with E-state index in [0.717, 1.165) is 18.4 Å². The molecule has 158 valence electrons. The van der Waals surface area contributed by atoms with Gasteiger partial charge >= 0.3 is 0 Å². The second kappa shape index (κ2) is 8.83. The molecule has 0 saturated carbocycles. The van der Waals surface area contributed by atoms with Crippen LogP contribution < -0.4 is 24.4 Å². The standard InChI is InChI=1S/C22H23ClN2O5/c1-28-18-6-5-15(13-17(18)25-7-3-2-4-21(25)27)24-20(26)12-14-10-16(23)22-19(11-14)29-8-9-30-22/h5-6,10-11,13H,2-4,7-9,12H2,1H3,(H,24,26). The van der Waals surface area contributed by atoms with Crippen molar-refractivity contribution in [3.05, 3.63) is 40.9 Å². The Morgan fingerprint density at radius 3 is 2.83 bits per heavy atom. The Bertz CT molecular complexity index is 978. The highest BCUT2D eigenvalue weighted by Gasteiger charge is 2.23. The van der Waals surface area contributed by atoms with Gasteiger partial charge in [-0.05, 0) is 48.7 Å². The van der Waals surface area contributed by atoms with E-state index in [-0.39, 0.29) is 18.2 Å². The van der Waals surface area contributed by atoms with Crippen LogP contribution >= 0.6 is 11.6 Å². The first-order valence-electron chi connectivity index (χ1n) is 9.91. The number of ether oxygens (including phenoxy) is 3. The summed E-state index contributed by atoms with van der Waals surface area (Å²) in [7, 11) is 1.57. The molecule has 0 aliphatic carbocycles. The molecule has 7 nitrogen and oxygen atoms in total. The van der Waals surface area contributed by atoms with Crippen molar-refractivity contribution in [3.63, 3.8) is 0 Å². The van der Waals surface area contributed by atoms with Crippen molar-refractivity contribution in [1.82, 2.24) is 0 Å². The predicted molar refractivity (Wildman–Crippen MR) is 114 cm³/mol. The molecule has 2 amide bonds. The van der Waals surface area contributed by atoms with Crippen LogP contribution in [0, 0.1) is 0 Å². The molecule has 0 unspecified atom stereocenters. The van der Waals surface area contributed by atoms with Gasteiger partial charge in [0.15, 0.2) is 11.5 Å². The Balaban J connectivity index is 1.50. The summed E-state index contributed by atoms with van der Waals surface area (Å²) in [5.41, 5.74) is 1.99. The van der Waals surface area contributed by atoms with E-state index in [1.165, 1.54) is 0 Å². The Morgan fingerprint density at radius 2 is 2.03 bits per heavy atom. The average Bonchev–Trinajstić information content (AvgIpc) is 2.74. The third kappa shape index (κ3) is 4.31. The first kappa shape index (κ1) is 20.3. The summed E-state index contributed by atoms with van der Waals surface area (Å²) in [6.07, 6.45) is 2.48. The van der Waals surface area contributed by atoms with Gasteiger partial charge in [-0.1, -0.05) is 11.6 Å². The molecule has 8 heteroatoms. The van der Waals surface area contributed by atoms with E-state index < -0.39 is 0 Å². The average molecular weight is 431 g/mol. The fourth-order valence-electron chi connectivity index (χ4n) is 3.70. The smallest absolute Gasteiger partial charge is 0.228 e. The number of piperidine rings is 1. The SMILES string of the molecule is COc1ccc(NC(=O)Cc2cc(Cl)c3c(c2)OCCO3)cc1N1CCCCC1=O. The van der Waals surface area contributed by atoms with E-state index in [4.69, 9.17) is 25.8 Å². The first-order valence-corrected chi connectivity index (χ1v) is 10.3. The molecule has 2 aliphatic heterocycles. The molecule has 2 aliphatic rings. The van der Waals surface area contributed by atoms with Gasteiger partial charge in [-0.3, -0.25) is 9.59 Å². The molecule has 1 saturated heterocycles. The molecule has 1 N–H and O–H groups in total. The van der Waals surface area contributed by atoms with Crippen LogP contribution in [-0.4, -0.2) is 38.7 Å². The fourth-order valence-corrected chi connectivity index (χ4v) is 3.98. The minimum Gasteiger partial charge on any atom is -0.495 e. The Morgan fingerprint density at radius 1 is 1.20 bits per heavy atom. The minimum atomic E-state index is -0.205. The highest BCUT2D eigenvalue weighted by atomic mass is 35.5.